The summed E-state index contributed by atoms with van der Waals surface area (Å²) in [6.07, 6.45) is 1.45. The number of nitrogens with zero attached hydrogens (tertiary/aromatic N) is 1. The zero-order chi connectivity index (χ0) is 15.0. The molecule has 0 unspecified atom stereocenters. The van der Waals surface area contributed by atoms with Gasteiger partial charge in [-0.3, -0.25) is 4.79 Å². The molecule has 0 saturated heterocycles. The molecule has 0 aliphatic heterocycles. The maximum atomic E-state index is 11.9. The number of ether oxygens (including phenoxy) is 1. The van der Waals surface area contributed by atoms with Gasteiger partial charge in [0.25, 0.3) is 0 Å². The number of nitrogens with one attached hydrogen (secondary N) is 1. The number of nitrogens with two attached hydrogens (primary N) is 1. The van der Waals surface area contributed by atoms with E-state index < -0.39 is 5.54 Å². The van der Waals surface area contributed by atoms with Crippen molar-refractivity contribution in [2.75, 3.05) is 12.4 Å². The van der Waals surface area contributed by atoms with Crippen LogP contribution in [0.5, 0.6) is 5.75 Å². The number of aromatic nitrogens is 1. The van der Waals surface area contributed by atoms with Gasteiger partial charge in [-0.25, -0.2) is 4.98 Å². The highest BCUT2D eigenvalue weighted by molar-refractivity contribution is 7.14. The lowest BCUT2D eigenvalue weighted by Gasteiger charge is -2.07. The fraction of sp³-hybridized carbons (Fsp3) is 0.286. The van der Waals surface area contributed by atoms with E-state index in [-0.39, 0.29) is 5.91 Å². The Morgan fingerprint density at radius 3 is 2.90 bits per heavy atom. The van der Waals surface area contributed by atoms with Crippen LogP contribution in [-0.4, -0.2) is 23.5 Å². The van der Waals surface area contributed by atoms with Gasteiger partial charge < -0.3 is 15.8 Å². The van der Waals surface area contributed by atoms with Crippen LogP contribution in [0.4, 0.5) is 5.13 Å². The second kappa shape index (κ2) is 5.29. The van der Waals surface area contributed by atoms with Crippen LogP contribution in [-0.2, 0) is 4.79 Å². The van der Waals surface area contributed by atoms with E-state index in [9.17, 15) is 4.79 Å². The summed E-state index contributed by atoms with van der Waals surface area (Å²) in [7, 11) is 1.57. The summed E-state index contributed by atoms with van der Waals surface area (Å²) in [4.78, 5) is 16.3. The van der Waals surface area contributed by atoms with E-state index in [1.807, 2.05) is 11.4 Å². The lowest BCUT2D eigenvalue weighted by Crippen LogP contribution is -2.37. The standard InChI is InChI=1S/C14H14ClN3O2S/c1-20-11-3-2-8(6-9(11)15)10-7-21-13(17-10)18-12(19)14(16)4-5-14/h2-3,6-7H,4-5,16H2,1H3,(H,17,18,19). The van der Waals surface area contributed by atoms with Crippen molar-refractivity contribution in [1.82, 2.24) is 4.98 Å². The van der Waals surface area contributed by atoms with Crippen LogP contribution in [0.25, 0.3) is 11.3 Å². The average Bonchev–Trinajstić information content (AvgIpc) is 3.05. The maximum absolute atomic E-state index is 11.9. The molecule has 7 heteroatoms. The van der Waals surface area contributed by atoms with Gasteiger partial charge in [0, 0.05) is 10.9 Å². The third kappa shape index (κ3) is 2.88. The van der Waals surface area contributed by atoms with Crippen molar-refractivity contribution in [3.05, 3.63) is 28.6 Å². The summed E-state index contributed by atoms with van der Waals surface area (Å²) >= 11 is 7.46. The molecule has 1 amide bonds. The minimum absolute atomic E-state index is 0.170. The molecule has 21 heavy (non-hydrogen) atoms. The number of benzene rings is 1. The Bertz CT molecular complexity index is 697. The molecule has 1 saturated carbocycles. The lowest BCUT2D eigenvalue weighted by molar-refractivity contribution is -0.118. The highest BCUT2D eigenvalue weighted by Gasteiger charge is 2.46. The van der Waals surface area contributed by atoms with Crippen molar-refractivity contribution in [3.63, 3.8) is 0 Å². The minimum atomic E-state index is -0.699. The Morgan fingerprint density at radius 2 is 2.29 bits per heavy atom. The van der Waals surface area contributed by atoms with Gasteiger partial charge >= 0.3 is 0 Å². The van der Waals surface area contributed by atoms with E-state index >= 15 is 0 Å². The summed E-state index contributed by atoms with van der Waals surface area (Å²) in [6, 6.07) is 5.44. The number of hydrogen-bond acceptors (Lipinski definition) is 5. The van der Waals surface area contributed by atoms with Crippen molar-refractivity contribution < 1.29 is 9.53 Å². The molecule has 5 nitrogen and oxygen atoms in total. The molecule has 1 aromatic carbocycles. The van der Waals surface area contributed by atoms with E-state index in [1.54, 1.807) is 19.2 Å². The summed E-state index contributed by atoms with van der Waals surface area (Å²) in [6.45, 7) is 0. The Balaban J connectivity index is 1.78. The Hall–Kier alpha value is -1.63. The highest BCUT2D eigenvalue weighted by Crippen LogP contribution is 2.35. The summed E-state index contributed by atoms with van der Waals surface area (Å²) in [5, 5.41) is 5.68. The van der Waals surface area contributed by atoms with Crippen LogP contribution in [0.15, 0.2) is 23.6 Å². The molecule has 0 radical (unpaired) electrons. The molecule has 3 rings (SSSR count). The Morgan fingerprint density at radius 1 is 1.52 bits per heavy atom. The number of methoxy groups -OCH3 is 1. The summed E-state index contributed by atoms with van der Waals surface area (Å²) in [5.41, 5.74) is 6.76. The summed E-state index contributed by atoms with van der Waals surface area (Å²) < 4.78 is 5.12. The summed E-state index contributed by atoms with van der Waals surface area (Å²) in [5.74, 6) is 0.444. The molecule has 2 aromatic rings. The monoisotopic (exact) mass is 323 g/mol. The van der Waals surface area contributed by atoms with Crippen LogP contribution >= 0.6 is 22.9 Å². The first-order chi connectivity index (χ1) is 10.0. The van der Waals surface area contributed by atoms with E-state index in [4.69, 9.17) is 22.1 Å². The van der Waals surface area contributed by atoms with Crippen molar-refractivity contribution in [2.24, 2.45) is 5.73 Å². The SMILES string of the molecule is COc1ccc(-c2csc(NC(=O)C3(N)CC3)n2)cc1Cl. The van der Waals surface area contributed by atoms with E-state index in [1.165, 1.54) is 11.3 Å². The lowest BCUT2D eigenvalue weighted by atomic mass is 10.2. The number of rotatable bonds is 4. The number of thiazole rings is 1. The van der Waals surface area contributed by atoms with Crippen molar-refractivity contribution in [2.45, 2.75) is 18.4 Å². The Labute approximate surface area is 131 Å². The van der Waals surface area contributed by atoms with Gasteiger partial charge in [0.1, 0.15) is 5.75 Å². The topological polar surface area (TPSA) is 77.2 Å². The molecular weight excluding hydrogens is 310 g/mol. The van der Waals surface area contributed by atoms with E-state index in [2.05, 4.69) is 10.3 Å². The van der Waals surface area contributed by atoms with Crippen LogP contribution in [0.1, 0.15) is 12.8 Å². The predicted octanol–water partition coefficient (Wildman–Crippen LogP) is 2.90. The molecule has 1 fully saturated rings. The Kier molecular flexibility index (Phi) is 3.61. The molecule has 1 heterocycles. The van der Waals surface area contributed by atoms with Crippen molar-refractivity contribution in [3.8, 4) is 17.0 Å². The molecule has 0 atom stereocenters. The van der Waals surface area contributed by atoms with Crippen LogP contribution in [0, 0.1) is 0 Å². The van der Waals surface area contributed by atoms with E-state index in [0.717, 1.165) is 24.1 Å². The zero-order valence-corrected chi connectivity index (χ0v) is 12.9. The normalized spacial score (nSPS) is 15.6. The second-order valence-electron chi connectivity index (χ2n) is 5.00. The molecule has 110 valence electrons. The van der Waals surface area contributed by atoms with Gasteiger partial charge in [0.15, 0.2) is 5.13 Å². The van der Waals surface area contributed by atoms with Gasteiger partial charge in [-0.15, -0.1) is 11.3 Å². The first kappa shape index (κ1) is 14.3. The number of carbonyl (C=O) groups is 1. The van der Waals surface area contributed by atoms with Gasteiger partial charge in [-0.2, -0.15) is 0 Å². The van der Waals surface area contributed by atoms with Crippen LogP contribution in [0.3, 0.4) is 0 Å². The number of carbonyl (C=O) groups excluding carboxylic acids is 1. The molecule has 3 N–H and O–H groups in total. The quantitative estimate of drug-likeness (QED) is 0.907. The number of anilines is 1. The van der Waals surface area contributed by atoms with Crippen molar-refractivity contribution >= 4 is 34.0 Å². The molecule has 0 bridgehead atoms. The van der Waals surface area contributed by atoms with Crippen molar-refractivity contribution in [1.29, 1.82) is 0 Å². The first-order valence-electron chi connectivity index (χ1n) is 6.42. The smallest absolute Gasteiger partial charge is 0.246 e. The van der Waals surface area contributed by atoms with Gasteiger partial charge in [0.2, 0.25) is 5.91 Å². The van der Waals surface area contributed by atoms with Gasteiger partial charge in [-0.1, -0.05) is 11.6 Å². The minimum Gasteiger partial charge on any atom is -0.495 e. The number of amides is 1. The number of hydrogen-bond donors (Lipinski definition) is 2. The molecular formula is C14H14ClN3O2S. The van der Waals surface area contributed by atoms with Gasteiger partial charge in [-0.05, 0) is 31.0 Å². The molecule has 1 aliphatic rings. The fourth-order valence-electron chi connectivity index (χ4n) is 1.87. The molecule has 1 aliphatic carbocycles. The largest absolute Gasteiger partial charge is 0.495 e. The van der Waals surface area contributed by atoms with Crippen LogP contribution in [0.2, 0.25) is 5.02 Å². The molecule has 0 spiro atoms. The van der Waals surface area contributed by atoms with Crippen LogP contribution < -0.4 is 15.8 Å². The zero-order valence-electron chi connectivity index (χ0n) is 11.4. The van der Waals surface area contributed by atoms with Gasteiger partial charge in [0.05, 0.1) is 23.4 Å². The second-order valence-corrected chi connectivity index (χ2v) is 6.26. The third-order valence-corrected chi connectivity index (χ3v) is 4.47. The average molecular weight is 324 g/mol. The first-order valence-corrected chi connectivity index (χ1v) is 7.67. The third-order valence-electron chi connectivity index (χ3n) is 3.41. The number of halogens is 1. The maximum Gasteiger partial charge on any atom is 0.246 e. The predicted molar refractivity (Wildman–Crippen MR) is 83.9 cm³/mol. The fourth-order valence-corrected chi connectivity index (χ4v) is 2.85. The van der Waals surface area contributed by atoms with E-state index in [0.29, 0.717) is 15.9 Å². The highest BCUT2D eigenvalue weighted by atomic mass is 35.5. The molecule has 1 aromatic heterocycles.